The lowest BCUT2D eigenvalue weighted by molar-refractivity contribution is 0.198. The van der Waals surface area contributed by atoms with Crippen molar-refractivity contribution in [2.45, 2.75) is 38.2 Å². The van der Waals surface area contributed by atoms with Gasteiger partial charge in [-0.2, -0.15) is 0 Å². The molecular formula is C31H33ClF2N2O. The lowest BCUT2D eigenvalue weighted by Gasteiger charge is -2.19. The van der Waals surface area contributed by atoms with E-state index in [4.69, 9.17) is 16.3 Å². The predicted molar refractivity (Wildman–Crippen MR) is 149 cm³/mol. The van der Waals surface area contributed by atoms with Gasteiger partial charge in [0.05, 0.1) is 11.7 Å². The van der Waals surface area contributed by atoms with Gasteiger partial charge < -0.3 is 10.1 Å². The van der Waals surface area contributed by atoms with E-state index in [1.54, 1.807) is 6.07 Å². The minimum Gasteiger partial charge on any atom is -0.489 e. The maximum atomic E-state index is 14.5. The molecule has 0 spiro atoms. The first kappa shape index (κ1) is 25.7. The van der Waals surface area contributed by atoms with Crippen molar-refractivity contribution < 1.29 is 13.5 Å². The molecule has 1 N–H and O–H groups in total. The van der Waals surface area contributed by atoms with Crippen molar-refractivity contribution in [3.05, 3.63) is 93.8 Å². The van der Waals surface area contributed by atoms with Crippen molar-refractivity contribution in [3.63, 3.8) is 0 Å². The van der Waals surface area contributed by atoms with Crippen LogP contribution < -0.4 is 10.1 Å². The molecule has 2 aliphatic rings. The van der Waals surface area contributed by atoms with Crippen LogP contribution in [0.3, 0.4) is 0 Å². The molecule has 1 fully saturated rings. The fourth-order valence-corrected chi connectivity index (χ4v) is 5.79. The Balaban J connectivity index is 1.50. The molecule has 1 aliphatic heterocycles. The Bertz CT molecular complexity index is 1270. The summed E-state index contributed by atoms with van der Waals surface area (Å²) in [5, 5.41) is 3.41. The van der Waals surface area contributed by atoms with Crippen molar-refractivity contribution in [3.8, 4) is 5.75 Å². The van der Waals surface area contributed by atoms with Crippen molar-refractivity contribution in [1.82, 2.24) is 4.90 Å². The average molecular weight is 523 g/mol. The molecule has 0 saturated carbocycles. The Labute approximate surface area is 223 Å². The monoisotopic (exact) mass is 522 g/mol. The van der Waals surface area contributed by atoms with Gasteiger partial charge in [-0.05, 0) is 95.8 Å². The second kappa shape index (κ2) is 11.7. The van der Waals surface area contributed by atoms with Crippen LogP contribution in [0.4, 0.5) is 14.5 Å². The van der Waals surface area contributed by atoms with E-state index < -0.39 is 5.82 Å². The van der Waals surface area contributed by atoms with Gasteiger partial charge in [-0.3, -0.25) is 9.29 Å². The first-order valence-electron chi connectivity index (χ1n) is 13.1. The highest BCUT2D eigenvalue weighted by Gasteiger charge is 2.25. The lowest BCUT2D eigenvalue weighted by atomic mass is 9.87. The summed E-state index contributed by atoms with van der Waals surface area (Å²) in [6, 6.07) is 19.7. The molecule has 1 aliphatic carbocycles. The Kier molecular flexibility index (Phi) is 8.11. The molecule has 3 aromatic rings. The van der Waals surface area contributed by atoms with Crippen LogP contribution in [0.5, 0.6) is 5.75 Å². The number of aryl methyl sites for hydroxylation is 1. The van der Waals surface area contributed by atoms with Crippen LogP contribution in [0.15, 0.2) is 60.7 Å². The first-order valence-corrected chi connectivity index (χ1v) is 13.5. The number of ether oxygens (including phenoxy) is 1. The van der Waals surface area contributed by atoms with Crippen molar-refractivity contribution >= 4 is 28.4 Å². The maximum Gasteiger partial charge on any atom is 0.142 e. The highest BCUT2D eigenvalue weighted by molar-refractivity contribution is 6.33. The third kappa shape index (κ3) is 5.68. The summed E-state index contributed by atoms with van der Waals surface area (Å²) < 4.78 is 33.3. The average Bonchev–Trinajstić information content (AvgIpc) is 3.28. The minimum atomic E-state index is -0.401. The topological polar surface area (TPSA) is 24.5 Å². The molecule has 1 heterocycles. The molecule has 3 aromatic carbocycles. The zero-order valence-corrected chi connectivity index (χ0v) is 22.0. The zero-order chi connectivity index (χ0) is 25.8. The molecule has 1 unspecified atom stereocenters. The molecule has 0 bridgehead atoms. The van der Waals surface area contributed by atoms with E-state index in [-0.39, 0.29) is 17.8 Å². The number of hydrogen-bond acceptors (Lipinski definition) is 3. The van der Waals surface area contributed by atoms with Crippen LogP contribution in [0.2, 0.25) is 5.02 Å². The minimum absolute atomic E-state index is 0.116. The van der Waals surface area contributed by atoms with E-state index >= 15 is 0 Å². The van der Waals surface area contributed by atoms with Crippen LogP contribution >= 0.6 is 11.6 Å². The molecule has 6 heteroatoms. The summed E-state index contributed by atoms with van der Waals surface area (Å²) in [5.41, 5.74) is 7.46. The quantitative estimate of drug-likeness (QED) is 0.329. The van der Waals surface area contributed by atoms with Gasteiger partial charge in [0, 0.05) is 32.4 Å². The number of anilines is 1. The molecule has 0 radical (unpaired) electrons. The third-order valence-corrected chi connectivity index (χ3v) is 7.78. The summed E-state index contributed by atoms with van der Waals surface area (Å²) in [5.74, 6) is 0.424. The molecule has 1 saturated heterocycles. The summed E-state index contributed by atoms with van der Waals surface area (Å²) in [6.45, 7) is 2.28. The van der Waals surface area contributed by atoms with E-state index in [0.717, 1.165) is 84.6 Å². The van der Waals surface area contributed by atoms with Gasteiger partial charge in [0.2, 0.25) is 0 Å². The summed E-state index contributed by atoms with van der Waals surface area (Å²) in [7, 11) is 1.93. The largest absolute Gasteiger partial charge is 0.489 e. The number of likely N-dealkylation sites (tertiary alicyclic amines) is 1. The zero-order valence-electron chi connectivity index (χ0n) is 21.2. The summed E-state index contributed by atoms with van der Waals surface area (Å²) in [4.78, 5) is 2.26. The molecule has 0 aromatic heterocycles. The number of hydrogen-bond donors (Lipinski definition) is 1. The molecule has 0 amide bonds. The highest BCUT2D eigenvalue weighted by Crippen LogP contribution is 2.43. The van der Waals surface area contributed by atoms with E-state index in [1.807, 2.05) is 25.2 Å². The molecule has 1 atom stereocenters. The van der Waals surface area contributed by atoms with Gasteiger partial charge in [-0.15, -0.1) is 0 Å². The second-order valence-corrected chi connectivity index (χ2v) is 10.2. The fourth-order valence-electron chi connectivity index (χ4n) is 5.55. The van der Waals surface area contributed by atoms with Gasteiger partial charge in [-0.25, -0.2) is 4.39 Å². The number of rotatable bonds is 8. The van der Waals surface area contributed by atoms with E-state index in [0.29, 0.717) is 6.42 Å². The second-order valence-electron chi connectivity index (χ2n) is 9.83. The van der Waals surface area contributed by atoms with Crippen LogP contribution in [0, 0.1) is 5.82 Å². The molecule has 194 valence electrons. The maximum absolute atomic E-state index is 14.5. The number of halogens is 3. The number of allylic oxidation sites excluding steroid dienone is 1. The Morgan fingerprint density at radius 3 is 2.68 bits per heavy atom. The summed E-state index contributed by atoms with van der Waals surface area (Å²) >= 11 is 6.51. The molecule has 37 heavy (non-hydrogen) atoms. The van der Waals surface area contributed by atoms with Crippen molar-refractivity contribution in [2.75, 3.05) is 38.7 Å². The van der Waals surface area contributed by atoms with Gasteiger partial charge in [0.1, 0.15) is 17.7 Å². The molecular weight excluding hydrogens is 490 g/mol. The van der Waals surface area contributed by atoms with Gasteiger partial charge in [-0.1, -0.05) is 41.9 Å². The van der Waals surface area contributed by atoms with E-state index in [9.17, 15) is 8.78 Å². The summed E-state index contributed by atoms with van der Waals surface area (Å²) in [6.07, 6.45) is 4.33. The Hall–Kier alpha value is -2.89. The smallest absolute Gasteiger partial charge is 0.142 e. The van der Waals surface area contributed by atoms with Crippen molar-refractivity contribution in [1.29, 1.82) is 0 Å². The fraction of sp³-hybridized carbons (Fsp3) is 0.355. The van der Waals surface area contributed by atoms with E-state index in [1.165, 1.54) is 11.6 Å². The van der Waals surface area contributed by atoms with Gasteiger partial charge >= 0.3 is 0 Å². The number of nitrogens with zero attached hydrogens (tertiary/aromatic N) is 1. The number of fused-ring (bicyclic) bond motifs is 1. The normalized spacial score (nSPS) is 18.0. The van der Waals surface area contributed by atoms with Gasteiger partial charge in [0.25, 0.3) is 0 Å². The lowest BCUT2D eigenvalue weighted by Crippen LogP contribution is -2.26. The Morgan fingerprint density at radius 1 is 1.05 bits per heavy atom. The Morgan fingerprint density at radius 2 is 1.89 bits per heavy atom. The van der Waals surface area contributed by atoms with Gasteiger partial charge in [0.15, 0.2) is 0 Å². The molecule has 5 rings (SSSR count). The number of nitrogens with one attached hydrogen (secondary N) is 1. The van der Waals surface area contributed by atoms with E-state index in [2.05, 4.69) is 40.5 Å². The van der Waals surface area contributed by atoms with Crippen molar-refractivity contribution in [2.24, 2.45) is 0 Å². The standard InChI is InChI=1S/C31H33ClF2N2O/c1-35-23-11-14-26-22(19-23)5-2-6-27(28-7-3-8-29(34)31(28)32)30(26)21-9-12-24(13-10-21)37-25-15-18-36(20-25)17-4-16-33/h3,7-14,19,25,35H,2,4-6,15-18,20H2,1H3. The van der Waals surface area contributed by atoms with Crippen LogP contribution in [0.1, 0.15) is 47.9 Å². The molecule has 3 nitrogen and oxygen atoms in total. The highest BCUT2D eigenvalue weighted by atomic mass is 35.5. The first-order chi connectivity index (χ1) is 18.1. The number of alkyl halides is 1. The predicted octanol–water partition coefficient (Wildman–Crippen LogP) is 7.63. The van der Waals surface area contributed by atoms with Crippen LogP contribution in [0.25, 0.3) is 11.1 Å². The SMILES string of the molecule is CNc1ccc2c(c1)CCCC(c1cccc(F)c1Cl)=C2c1ccc(OC2CCN(CCCF)C2)cc1. The van der Waals surface area contributed by atoms with Crippen LogP contribution in [-0.4, -0.2) is 44.4 Å². The third-order valence-electron chi connectivity index (χ3n) is 7.40. The number of benzene rings is 3. The van der Waals surface area contributed by atoms with Crippen LogP contribution in [-0.2, 0) is 6.42 Å².